The average Bonchev–Trinajstić information content (AvgIpc) is 2.89. The van der Waals surface area contributed by atoms with E-state index in [-0.39, 0.29) is 5.82 Å². The Hall–Kier alpha value is -0.580. The van der Waals surface area contributed by atoms with Gasteiger partial charge in [-0.05, 0) is 36.6 Å². The summed E-state index contributed by atoms with van der Waals surface area (Å²) in [6.45, 7) is 0. The quantitative estimate of drug-likeness (QED) is 0.472. The van der Waals surface area contributed by atoms with Gasteiger partial charge in [0.25, 0.3) is 0 Å². The number of rotatable bonds is 6. The van der Waals surface area contributed by atoms with E-state index in [1.807, 2.05) is 12.1 Å². The molecule has 100 valence electrons. The molecule has 1 aromatic carbocycles. The fourth-order valence-corrected chi connectivity index (χ4v) is 3.51. The first kappa shape index (κ1) is 13.8. The number of nitrogens with two attached hydrogens (primary N) is 1. The third-order valence-electron chi connectivity index (χ3n) is 3.59. The minimum atomic E-state index is -0.182. The molecular weight excluding hydrogens is 247 g/mol. The van der Waals surface area contributed by atoms with Crippen LogP contribution < -0.4 is 11.3 Å². The van der Waals surface area contributed by atoms with E-state index < -0.39 is 0 Å². The van der Waals surface area contributed by atoms with E-state index in [0.29, 0.717) is 6.04 Å². The number of hydrogen-bond acceptors (Lipinski definition) is 3. The topological polar surface area (TPSA) is 38.0 Å². The highest BCUT2D eigenvalue weighted by Gasteiger charge is 2.19. The lowest BCUT2D eigenvalue weighted by Gasteiger charge is -2.19. The van der Waals surface area contributed by atoms with Crippen molar-refractivity contribution in [2.75, 3.05) is 5.75 Å². The Labute approximate surface area is 112 Å². The second kappa shape index (κ2) is 7.12. The highest BCUT2D eigenvalue weighted by Crippen LogP contribution is 2.30. The average molecular weight is 268 g/mol. The van der Waals surface area contributed by atoms with E-state index in [1.54, 1.807) is 11.8 Å². The Balaban J connectivity index is 1.77. The molecule has 18 heavy (non-hydrogen) atoms. The molecule has 0 bridgehead atoms. The molecule has 3 N–H and O–H groups in total. The van der Waals surface area contributed by atoms with Crippen molar-refractivity contribution in [3.8, 4) is 0 Å². The maximum Gasteiger partial charge on any atom is 0.123 e. The molecule has 0 heterocycles. The molecule has 2 nitrogen and oxygen atoms in total. The van der Waals surface area contributed by atoms with Crippen molar-refractivity contribution in [3.05, 3.63) is 30.1 Å². The summed E-state index contributed by atoms with van der Waals surface area (Å²) in [4.78, 5) is 1.10. The van der Waals surface area contributed by atoms with Gasteiger partial charge in [0.1, 0.15) is 5.82 Å². The lowest BCUT2D eigenvalue weighted by molar-refractivity contribution is 0.415. The van der Waals surface area contributed by atoms with Gasteiger partial charge in [-0.1, -0.05) is 25.7 Å². The van der Waals surface area contributed by atoms with Gasteiger partial charge in [0.15, 0.2) is 0 Å². The van der Waals surface area contributed by atoms with Gasteiger partial charge in [0.05, 0.1) is 0 Å². The number of nitrogens with one attached hydrogen (secondary N) is 1. The molecule has 1 unspecified atom stereocenters. The number of hydrazine groups is 1. The molecule has 1 aromatic rings. The van der Waals surface area contributed by atoms with Crippen molar-refractivity contribution >= 4 is 11.8 Å². The van der Waals surface area contributed by atoms with E-state index in [0.717, 1.165) is 23.0 Å². The molecule has 1 aliphatic carbocycles. The third kappa shape index (κ3) is 4.26. The predicted octanol–water partition coefficient (Wildman–Crippen LogP) is 3.33. The predicted molar refractivity (Wildman–Crippen MR) is 74.8 cm³/mol. The fraction of sp³-hybridized carbons (Fsp3) is 0.571. The van der Waals surface area contributed by atoms with Crippen LogP contribution in [0.4, 0.5) is 4.39 Å². The van der Waals surface area contributed by atoms with Crippen molar-refractivity contribution in [1.29, 1.82) is 0 Å². The Morgan fingerprint density at radius 3 is 2.56 bits per heavy atom. The standard InChI is InChI=1S/C14H21FN2S/c15-12-5-7-14(8-6-12)18-10-13(17-16)9-11-3-1-2-4-11/h5-8,11,13,17H,1-4,9-10,16H2. The third-order valence-corrected chi connectivity index (χ3v) is 4.77. The summed E-state index contributed by atoms with van der Waals surface area (Å²) in [7, 11) is 0. The molecule has 1 atom stereocenters. The van der Waals surface area contributed by atoms with Crippen LogP contribution in [0.1, 0.15) is 32.1 Å². The van der Waals surface area contributed by atoms with Crippen LogP contribution in [-0.4, -0.2) is 11.8 Å². The van der Waals surface area contributed by atoms with E-state index in [9.17, 15) is 4.39 Å². The lowest BCUT2D eigenvalue weighted by Crippen LogP contribution is -2.38. The molecule has 0 aromatic heterocycles. The second-order valence-electron chi connectivity index (χ2n) is 5.01. The van der Waals surface area contributed by atoms with Gasteiger partial charge in [0, 0.05) is 16.7 Å². The maximum absolute atomic E-state index is 12.8. The van der Waals surface area contributed by atoms with Crippen molar-refractivity contribution in [2.45, 2.75) is 43.0 Å². The highest BCUT2D eigenvalue weighted by atomic mass is 32.2. The van der Waals surface area contributed by atoms with Crippen LogP contribution >= 0.6 is 11.8 Å². The van der Waals surface area contributed by atoms with Gasteiger partial charge in [0.2, 0.25) is 0 Å². The van der Waals surface area contributed by atoms with Crippen LogP contribution in [0, 0.1) is 11.7 Å². The Morgan fingerprint density at radius 2 is 1.94 bits per heavy atom. The van der Waals surface area contributed by atoms with E-state index in [4.69, 9.17) is 5.84 Å². The van der Waals surface area contributed by atoms with Gasteiger partial charge >= 0.3 is 0 Å². The Morgan fingerprint density at radius 1 is 1.28 bits per heavy atom. The largest absolute Gasteiger partial charge is 0.271 e. The molecule has 4 heteroatoms. The van der Waals surface area contributed by atoms with Gasteiger partial charge in [-0.3, -0.25) is 11.3 Å². The molecule has 0 saturated heterocycles. The van der Waals surface area contributed by atoms with Crippen molar-refractivity contribution < 1.29 is 4.39 Å². The van der Waals surface area contributed by atoms with Crippen LogP contribution in [0.3, 0.4) is 0 Å². The molecule has 0 amide bonds. The van der Waals surface area contributed by atoms with Crippen LogP contribution in [0.15, 0.2) is 29.2 Å². The molecule has 2 rings (SSSR count). The van der Waals surface area contributed by atoms with Gasteiger partial charge < -0.3 is 0 Å². The molecule has 0 radical (unpaired) electrons. The van der Waals surface area contributed by atoms with Crippen LogP contribution in [-0.2, 0) is 0 Å². The van der Waals surface area contributed by atoms with Crippen molar-refractivity contribution in [1.82, 2.24) is 5.43 Å². The summed E-state index contributed by atoms with van der Waals surface area (Å²) >= 11 is 1.74. The zero-order valence-corrected chi connectivity index (χ0v) is 11.4. The summed E-state index contributed by atoms with van der Waals surface area (Å²) in [6, 6.07) is 7.00. The number of benzene rings is 1. The summed E-state index contributed by atoms with van der Waals surface area (Å²) in [5.41, 5.74) is 2.92. The summed E-state index contributed by atoms with van der Waals surface area (Å²) < 4.78 is 12.8. The molecule has 0 aliphatic heterocycles. The number of hydrogen-bond donors (Lipinski definition) is 2. The SMILES string of the molecule is NNC(CSc1ccc(F)cc1)CC1CCCC1. The first-order valence-corrected chi connectivity index (χ1v) is 7.61. The van der Waals surface area contributed by atoms with Crippen LogP contribution in [0.5, 0.6) is 0 Å². The molecular formula is C14H21FN2S. The summed E-state index contributed by atoms with van der Waals surface area (Å²) in [6.07, 6.45) is 6.59. The molecule has 1 fully saturated rings. The zero-order chi connectivity index (χ0) is 12.8. The molecule has 1 aliphatic rings. The van der Waals surface area contributed by atoms with Crippen molar-refractivity contribution in [2.24, 2.45) is 11.8 Å². The Kier molecular flexibility index (Phi) is 5.47. The van der Waals surface area contributed by atoms with Crippen LogP contribution in [0.2, 0.25) is 0 Å². The van der Waals surface area contributed by atoms with Crippen molar-refractivity contribution in [3.63, 3.8) is 0 Å². The van der Waals surface area contributed by atoms with E-state index in [1.165, 1.54) is 37.8 Å². The normalized spacial score (nSPS) is 18.1. The number of thioether (sulfide) groups is 1. The zero-order valence-electron chi connectivity index (χ0n) is 10.6. The minimum absolute atomic E-state index is 0.182. The van der Waals surface area contributed by atoms with Gasteiger partial charge in [-0.25, -0.2) is 4.39 Å². The lowest BCUT2D eigenvalue weighted by atomic mass is 10.00. The summed E-state index contributed by atoms with van der Waals surface area (Å²) in [5, 5.41) is 0. The van der Waals surface area contributed by atoms with Gasteiger partial charge in [-0.15, -0.1) is 11.8 Å². The Bertz CT molecular complexity index is 349. The maximum atomic E-state index is 12.8. The minimum Gasteiger partial charge on any atom is -0.271 e. The first-order chi connectivity index (χ1) is 8.78. The van der Waals surface area contributed by atoms with Crippen LogP contribution in [0.25, 0.3) is 0 Å². The molecule has 1 saturated carbocycles. The second-order valence-corrected chi connectivity index (χ2v) is 6.11. The monoisotopic (exact) mass is 268 g/mol. The molecule has 0 spiro atoms. The van der Waals surface area contributed by atoms with E-state index in [2.05, 4.69) is 5.43 Å². The summed E-state index contributed by atoms with van der Waals surface area (Å²) in [5.74, 6) is 7.21. The number of halogens is 1. The van der Waals surface area contributed by atoms with Gasteiger partial charge in [-0.2, -0.15) is 0 Å². The smallest absolute Gasteiger partial charge is 0.123 e. The highest BCUT2D eigenvalue weighted by molar-refractivity contribution is 7.99. The fourth-order valence-electron chi connectivity index (χ4n) is 2.56. The van der Waals surface area contributed by atoms with E-state index >= 15 is 0 Å². The first-order valence-electron chi connectivity index (χ1n) is 6.62.